The number of carbonyl (C=O) groups excluding carboxylic acids is 1. The molecule has 1 aromatic carbocycles. The number of ketones is 1. The number of Topliss-reactive ketones (excluding diaryl/α,β-unsaturated/α-hetero) is 1. The minimum atomic E-state index is -2.07. The van der Waals surface area contributed by atoms with E-state index >= 15 is 0 Å². The Morgan fingerprint density at radius 1 is 1.23 bits per heavy atom. The third-order valence-electron chi connectivity index (χ3n) is 7.80. The molecule has 1 aliphatic heterocycles. The molecule has 0 N–H and O–H groups in total. The van der Waals surface area contributed by atoms with Gasteiger partial charge in [-0.3, -0.25) is 4.79 Å². The first-order chi connectivity index (χ1) is 14.0. The summed E-state index contributed by atoms with van der Waals surface area (Å²) in [5.41, 5.74) is 0.784. The first-order valence-corrected chi connectivity index (χ1v) is 12.0. The predicted molar refractivity (Wildman–Crippen MR) is 122 cm³/mol. The Hall–Kier alpha value is -0.165. The number of hydrogen-bond donors (Lipinski definition) is 0. The zero-order valence-corrected chi connectivity index (χ0v) is 20.5. The number of rotatable bonds is 6. The zero-order chi connectivity index (χ0) is 22.1. The van der Waals surface area contributed by atoms with Gasteiger partial charge in [0.05, 0.1) is 12.7 Å². The van der Waals surface area contributed by atoms with Crippen LogP contribution < -0.4 is 4.74 Å². The Labute approximate surface area is 197 Å². The van der Waals surface area contributed by atoms with E-state index < -0.39 is 27.5 Å². The molecule has 1 heterocycles. The van der Waals surface area contributed by atoms with E-state index in [0.717, 1.165) is 18.4 Å². The second kappa shape index (κ2) is 7.71. The van der Waals surface area contributed by atoms with Gasteiger partial charge in [-0.15, -0.1) is 23.2 Å². The van der Waals surface area contributed by atoms with Crippen molar-refractivity contribution in [1.82, 2.24) is 0 Å². The molecule has 1 unspecified atom stereocenters. The van der Waals surface area contributed by atoms with Crippen molar-refractivity contribution in [3.63, 3.8) is 0 Å². The normalized spacial score (nSPS) is 36.5. The fraction of sp³-hybridized carbons (Fsp3) is 0.667. The summed E-state index contributed by atoms with van der Waals surface area (Å²) in [6.45, 7) is 4.66. The molecular formula is C21H26BCl4O4-. The van der Waals surface area contributed by atoms with E-state index in [0.29, 0.717) is 29.5 Å². The molecule has 2 bridgehead atoms. The summed E-state index contributed by atoms with van der Waals surface area (Å²) in [7, 11) is 1.50. The van der Waals surface area contributed by atoms with Crippen LogP contribution in [0.3, 0.4) is 0 Å². The van der Waals surface area contributed by atoms with E-state index in [4.69, 9.17) is 60.4 Å². The van der Waals surface area contributed by atoms with Crippen LogP contribution in [0.5, 0.6) is 5.75 Å². The minimum absolute atomic E-state index is 0.0554. The van der Waals surface area contributed by atoms with E-state index in [-0.39, 0.29) is 11.5 Å². The topological polar surface area (TPSA) is 44.8 Å². The number of halogens is 4. The van der Waals surface area contributed by atoms with Crippen LogP contribution in [0.4, 0.5) is 0 Å². The van der Waals surface area contributed by atoms with Crippen molar-refractivity contribution in [2.24, 2.45) is 17.3 Å². The molecule has 1 aromatic rings. The standard InChI is InChI=1S/C21H26BCl4O4/c1-20(2)12-8-14(20)21(3)15(9-12)29-22(30-21,19(25)26)10-11-6-5-7-13(17(11)28-4)16(27)18(23)24/h5-7,12,14-15,18-19H,8-10H2,1-4H3/q-1/t12-,14-,15+,21-,22?/m0/s1. The van der Waals surface area contributed by atoms with Crippen LogP contribution in [0.1, 0.15) is 49.5 Å². The Bertz CT molecular complexity index is 863. The van der Waals surface area contributed by atoms with Gasteiger partial charge in [-0.25, -0.2) is 0 Å². The summed E-state index contributed by atoms with van der Waals surface area (Å²) in [6.07, 6.45) is 2.30. The van der Waals surface area contributed by atoms with Gasteiger partial charge in [-0.1, -0.05) is 55.5 Å². The number of methoxy groups -OCH3 is 1. The number of hydrogen-bond acceptors (Lipinski definition) is 4. The van der Waals surface area contributed by atoms with Crippen LogP contribution >= 0.6 is 46.4 Å². The number of carbonyl (C=O) groups is 1. The van der Waals surface area contributed by atoms with Gasteiger partial charge in [-0.05, 0) is 48.6 Å². The minimum Gasteiger partial charge on any atom is -0.562 e. The lowest BCUT2D eigenvalue weighted by molar-refractivity contribution is -0.199. The lowest BCUT2D eigenvalue weighted by Crippen LogP contribution is -2.65. The first kappa shape index (κ1) is 23.0. The molecule has 3 saturated carbocycles. The summed E-state index contributed by atoms with van der Waals surface area (Å²) < 4.78 is 18.0. The highest BCUT2D eigenvalue weighted by Gasteiger charge is 2.67. The average Bonchev–Trinajstić information content (AvgIpc) is 2.99. The molecular weight excluding hydrogens is 469 g/mol. The molecule has 30 heavy (non-hydrogen) atoms. The highest BCUT2D eigenvalue weighted by atomic mass is 35.5. The maximum absolute atomic E-state index is 12.4. The fourth-order valence-corrected chi connectivity index (χ4v) is 6.72. The van der Waals surface area contributed by atoms with Gasteiger partial charge in [0.15, 0.2) is 10.6 Å². The smallest absolute Gasteiger partial charge is 0.277 e. The largest absolute Gasteiger partial charge is 0.562 e. The average molecular weight is 495 g/mol. The molecule has 0 amide bonds. The summed E-state index contributed by atoms with van der Waals surface area (Å²) in [6, 6.07) is 5.25. The molecule has 3 aliphatic carbocycles. The van der Waals surface area contributed by atoms with Crippen molar-refractivity contribution < 1.29 is 18.8 Å². The lowest BCUT2D eigenvalue weighted by Gasteiger charge is -2.66. The summed E-state index contributed by atoms with van der Waals surface area (Å²) in [4.78, 5) is 11.3. The van der Waals surface area contributed by atoms with E-state index in [1.165, 1.54) is 7.11 Å². The van der Waals surface area contributed by atoms with Crippen LogP contribution in [-0.4, -0.2) is 40.7 Å². The quantitative estimate of drug-likeness (QED) is 0.285. The summed E-state index contributed by atoms with van der Waals surface area (Å²) in [5, 5.41) is 0. The van der Waals surface area contributed by atoms with Crippen molar-refractivity contribution in [3.8, 4) is 5.75 Å². The third-order valence-corrected chi connectivity index (χ3v) is 8.97. The molecule has 0 radical (unpaired) electrons. The number of para-hydroxylation sites is 1. The second-order valence-electron chi connectivity index (χ2n) is 9.61. The van der Waals surface area contributed by atoms with Gasteiger partial charge < -0.3 is 14.0 Å². The highest BCUT2D eigenvalue weighted by molar-refractivity contribution is 6.85. The molecule has 5 rings (SSSR count). The zero-order valence-electron chi connectivity index (χ0n) is 17.5. The molecule has 0 aromatic heterocycles. The number of benzene rings is 1. The highest BCUT2D eigenvalue weighted by Crippen LogP contribution is 2.67. The van der Waals surface area contributed by atoms with E-state index in [1.54, 1.807) is 12.1 Å². The second-order valence-corrected chi connectivity index (χ2v) is 11.9. The van der Waals surface area contributed by atoms with Crippen LogP contribution in [0, 0.1) is 17.3 Å². The lowest BCUT2D eigenvalue weighted by atomic mass is 9.43. The molecule has 4 aliphatic rings. The number of ether oxygens (including phenoxy) is 1. The molecule has 0 spiro atoms. The summed E-state index contributed by atoms with van der Waals surface area (Å²) >= 11 is 24.6. The van der Waals surface area contributed by atoms with Gasteiger partial charge in [0.25, 0.3) is 6.55 Å². The Morgan fingerprint density at radius 3 is 2.50 bits per heavy atom. The van der Waals surface area contributed by atoms with Gasteiger partial charge in [0.1, 0.15) is 5.75 Å². The Morgan fingerprint density at radius 2 is 1.93 bits per heavy atom. The van der Waals surface area contributed by atoms with Crippen molar-refractivity contribution in [1.29, 1.82) is 0 Å². The van der Waals surface area contributed by atoms with Crippen molar-refractivity contribution in [2.45, 2.75) is 61.2 Å². The van der Waals surface area contributed by atoms with Gasteiger partial charge in [-0.2, -0.15) is 0 Å². The molecule has 1 saturated heterocycles. The van der Waals surface area contributed by atoms with Gasteiger partial charge >= 0.3 is 0 Å². The van der Waals surface area contributed by atoms with E-state index in [2.05, 4.69) is 20.8 Å². The van der Waals surface area contributed by atoms with Crippen molar-refractivity contribution in [3.05, 3.63) is 29.3 Å². The maximum Gasteiger partial charge on any atom is 0.277 e. The summed E-state index contributed by atoms with van der Waals surface area (Å²) in [5.74, 6) is 0.955. The van der Waals surface area contributed by atoms with E-state index in [9.17, 15) is 4.79 Å². The van der Waals surface area contributed by atoms with Crippen molar-refractivity contribution >= 4 is 58.7 Å². The van der Waals surface area contributed by atoms with Crippen molar-refractivity contribution in [2.75, 3.05) is 7.11 Å². The van der Waals surface area contributed by atoms with Crippen LogP contribution in [0.2, 0.25) is 0 Å². The van der Waals surface area contributed by atoms with Crippen LogP contribution in [0.15, 0.2) is 18.2 Å². The van der Waals surface area contributed by atoms with Gasteiger partial charge in [0.2, 0.25) is 0 Å². The van der Waals surface area contributed by atoms with E-state index in [1.807, 2.05) is 6.07 Å². The molecule has 4 fully saturated rings. The molecule has 166 valence electrons. The third kappa shape index (κ3) is 3.31. The first-order valence-electron chi connectivity index (χ1n) is 10.3. The number of alkyl halides is 4. The monoisotopic (exact) mass is 493 g/mol. The Balaban J connectivity index is 1.70. The van der Waals surface area contributed by atoms with Crippen LogP contribution in [0.25, 0.3) is 0 Å². The van der Waals surface area contributed by atoms with Crippen LogP contribution in [-0.2, 0) is 15.6 Å². The Kier molecular flexibility index (Phi) is 5.91. The molecule has 9 heteroatoms. The SMILES string of the molecule is COc1c(C[B-]2(C(Cl)Cl)O[C@@H]3C[C@@H]4C[C@@H](C4(C)C)[C@]3(C)O2)cccc1C(=O)C(Cl)Cl. The molecule has 4 nitrogen and oxygen atoms in total. The van der Waals surface area contributed by atoms with Gasteiger partial charge in [0, 0.05) is 16.4 Å². The maximum atomic E-state index is 12.4. The fourth-order valence-electron chi connectivity index (χ4n) is 6.08. The predicted octanol–water partition coefficient (Wildman–Crippen LogP) is 5.79. The molecule has 5 atom stereocenters.